The first kappa shape index (κ1) is 17.1. The van der Waals surface area contributed by atoms with Gasteiger partial charge in [0.05, 0.1) is 33.0 Å². The van der Waals surface area contributed by atoms with Crippen LogP contribution in [0.2, 0.25) is 5.02 Å². The number of halogens is 2. The second-order valence-corrected chi connectivity index (χ2v) is 8.46. The maximum absolute atomic E-state index is 13.8. The molecule has 0 saturated carbocycles. The van der Waals surface area contributed by atoms with E-state index in [4.69, 9.17) is 11.6 Å². The number of rotatable bonds is 4. The molecule has 1 unspecified atom stereocenters. The standard InChI is InChI=1S/C15H19ClFN3OS/c1-15(2,3)22(21)19-14(11-8-18-20(4)9-11)10-5-6-12(16)13(17)7-10/h5-9,14,19H,1-4H3/t14-,22?/m0/s1. The fourth-order valence-electron chi connectivity index (χ4n) is 1.89. The molecule has 120 valence electrons. The summed E-state index contributed by atoms with van der Waals surface area (Å²) in [5.74, 6) is -0.503. The molecule has 0 spiro atoms. The van der Waals surface area contributed by atoms with Crippen LogP contribution >= 0.6 is 11.6 Å². The summed E-state index contributed by atoms with van der Waals surface area (Å²) in [6, 6.07) is 4.14. The van der Waals surface area contributed by atoms with Gasteiger partial charge in [0, 0.05) is 18.8 Å². The molecule has 0 fully saturated rings. The Hall–Kier alpha value is -1.24. The van der Waals surface area contributed by atoms with Crippen LogP contribution in [0.3, 0.4) is 0 Å². The molecule has 1 aromatic heterocycles. The van der Waals surface area contributed by atoms with Crippen molar-refractivity contribution in [3.8, 4) is 0 Å². The smallest absolute Gasteiger partial charge is 0.142 e. The zero-order valence-corrected chi connectivity index (χ0v) is 14.5. The van der Waals surface area contributed by atoms with Crippen molar-refractivity contribution in [3.05, 3.63) is 52.6 Å². The highest BCUT2D eigenvalue weighted by atomic mass is 35.5. The Morgan fingerprint density at radius 3 is 2.55 bits per heavy atom. The van der Waals surface area contributed by atoms with Gasteiger partial charge in [0.1, 0.15) is 5.82 Å². The highest BCUT2D eigenvalue weighted by Gasteiger charge is 2.25. The Morgan fingerprint density at radius 1 is 1.36 bits per heavy atom. The van der Waals surface area contributed by atoms with Crippen LogP contribution < -0.4 is 4.72 Å². The summed E-state index contributed by atoms with van der Waals surface area (Å²) in [5.41, 5.74) is 1.45. The fourth-order valence-corrected chi connectivity index (χ4v) is 2.85. The minimum absolute atomic E-state index is 0.0608. The summed E-state index contributed by atoms with van der Waals surface area (Å²) in [6.45, 7) is 5.62. The summed E-state index contributed by atoms with van der Waals surface area (Å²) >= 11 is 5.74. The number of hydrogen-bond donors (Lipinski definition) is 1. The first-order valence-corrected chi connectivity index (χ1v) is 8.33. The van der Waals surface area contributed by atoms with Gasteiger partial charge in [-0.2, -0.15) is 5.10 Å². The van der Waals surface area contributed by atoms with Gasteiger partial charge in [0.15, 0.2) is 0 Å². The Labute approximate surface area is 137 Å². The maximum atomic E-state index is 13.8. The van der Waals surface area contributed by atoms with Gasteiger partial charge in [-0.15, -0.1) is 0 Å². The monoisotopic (exact) mass is 343 g/mol. The van der Waals surface area contributed by atoms with Gasteiger partial charge < -0.3 is 0 Å². The van der Waals surface area contributed by atoms with Crippen molar-refractivity contribution in [3.63, 3.8) is 0 Å². The van der Waals surface area contributed by atoms with Crippen LogP contribution in [0.25, 0.3) is 0 Å². The van der Waals surface area contributed by atoms with Crippen molar-refractivity contribution < 1.29 is 8.60 Å². The minimum Gasteiger partial charge on any atom is -0.275 e. The molecule has 4 nitrogen and oxygen atoms in total. The number of benzene rings is 1. The molecule has 0 amide bonds. The van der Waals surface area contributed by atoms with E-state index in [1.165, 1.54) is 12.1 Å². The quantitative estimate of drug-likeness (QED) is 0.925. The zero-order chi connectivity index (χ0) is 16.5. The normalized spacial score (nSPS) is 14.8. The molecule has 0 aliphatic rings. The lowest BCUT2D eigenvalue weighted by atomic mass is 10.0. The molecule has 2 rings (SSSR count). The Bertz CT molecular complexity index is 696. The number of aryl methyl sites for hydroxylation is 1. The molecule has 2 aromatic rings. The van der Waals surface area contributed by atoms with Gasteiger partial charge in [0.25, 0.3) is 0 Å². The Morgan fingerprint density at radius 2 is 2.05 bits per heavy atom. The number of hydrogen-bond acceptors (Lipinski definition) is 2. The third-order valence-corrected chi connectivity index (χ3v) is 4.98. The minimum atomic E-state index is -1.31. The molecule has 1 aromatic carbocycles. The van der Waals surface area contributed by atoms with E-state index >= 15 is 0 Å². The molecular formula is C15H19ClFN3OS. The van der Waals surface area contributed by atoms with Crippen molar-refractivity contribution in [1.82, 2.24) is 14.5 Å². The van der Waals surface area contributed by atoms with E-state index < -0.39 is 27.6 Å². The Kier molecular flexibility index (Phi) is 5.04. The number of aromatic nitrogens is 2. The van der Waals surface area contributed by atoms with E-state index in [0.29, 0.717) is 5.56 Å². The highest BCUT2D eigenvalue weighted by molar-refractivity contribution is 7.84. The van der Waals surface area contributed by atoms with Crippen molar-refractivity contribution in [2.75, 3.05) is 0 Å². The van der Waals surface area contributed by atoms with Gasteiger partial charge in [-0.25, -0.2) is 13.3 Å². The van der Waals surface area contributed by atoms with E-state index in [9.17, 15) is 8.60 Å². The predicted molar refractivity (Wildman–Crippen MR) is 87.5 cm³/mol. The van der Waals surface area contributed by atoms with Crippen molar-refractivity contribution in [2.45, 2.75) is 31.6 Å². The fraction of sp³-hybridized carbons (Fsp3) is 0.400. The number of nitrogens with zero attached hydrogens (tertiary/aromatic N) is 2. The Balaban J connectivity index is 2.41. The van der Waals surface area contributed by atoms with Gasteiger partial charge in [-0.1, -0.05) is 17.7 Å². The van der Waals surface area contributed by atoms with Gasteiger partial charge in [-0.05, 0) is 38.5 Å². The first-order valence-electron chi connectivity index (χ1n) is 6.80. The SMILES string of the molecule is Cn1cc([C@@H](NS(=O)C(C)(C)C)c2ccc(Cl)c(F)c2)cn1. The number of nitrogens with one attached hydrogen (secondary N) is 1. The molecule has 0 aliphatic heterocycles. The second kappa shape index (κ2) is 6.48. The molecule has 22 heavy (non-hydrogen) atoms. The van der Waals surface area contributed by atoms with E-state index in [1.54, 1.807) is 24.0 Å². The van der Waals surface area contributed by atoms with Crippen LogP contribution in [0.15, 0.2) is 30.6 Å². The van der Waals surface area contributed by atoms with Crippen molar-refractivity contribution in [1.29, 1.82) is 0 Å². The lowest BCUT2D eigenvalue weighted by Crippen LogP contribution is -2.36. The lowest BCUT2D eigenvalue weighted by molar-refractivity contribution is 0.612. The zero-order valence-electron chi connectivity index (χ0n) is 12.9. The van der Waals surface area contributed by atoms with Crippen LogP contribution in [-0.2, 0) is 18.0 Å². The summed E-state index contributed by atoms with van der Waals surface area (Å²) < 4.78 is 30.5. The van der Waals surface area contributed by atoms with Crippen molar-refractivity contribution in [2.24, 2.45) is 7.05 Å². The average Bonchev–Trinajstić information content (AvgIpc) is 2.84. The topological polar surface area (TPSA) is 46.9 Å². The molecule has 2 atom stereocenters. The van der Waals surface area contributed by atoms with Crippen LogP contribution in [0.4, 0.5) is 4.39 Å². The van der Waals surface area contributed by atoms with Crippen LogP contribution in [-0.4, -0.2) is 18.7 Å². The summed E-state index contributed by atoms with van der Waals surface area (Å²) in [4.78, 5) is 0. The van der Waals surface area contributed by atoms with Gasteiger partial charge in [0.2, 0.25) is 0 Å². The van der Waals surface area contributed by atoms with E-state index in [-0.39, 0.29) is 5.02 Å². The maximum Gasteiger partial charge on any atom is 0.142 e. The van der Waals surface area contributed by atoms with Crippen molar-refractivity contribution >= 4 is 22.6 Å². The molecule has 1 heterocycles. The summed E-state index contributed by atoms with van der Waals surface area (Å²) in [5, 5.41) is 4.19. The van der Waals surface area contributed by atoms with Crippen LogP contribution in [0.5, 0.6) is 0 Å². The second-order valence-electron chi connectivity index (χ2n) is 6.05. The van der Waals surface area contributed by atoms with E-state index in [1.807, 2.05) is 27.0 Å². The van der Waals surface area contributed by atoms with Gasteiger partial charge in [-0.3, -0.25) is 4.68 Å². The molecule has 1 N–H and O–H groups in total. The third kappa shape index (κ3) is 3.94. The largest absolute Gasteiger partial charge is 0.275 e. The van der Waals surface area contributed by atoms with Crippen LogP contribution in [0, 0.1) is 5.82 Å². The predicted octanol–water partition coefficient (Wildman–Crippen LogP) is 3.35. The molecule has 0 aliphatic carbocycles. The van der Waals surface area contributed by atoms with Gasteiger partial charge >= 0.3 is 0 Å². The summed E-state index contributed by atoms with van der Waals surface area (Å²) in [7, 11) is 0.482. The first-order chi connectivity index (χ1) is 10.2. The lowest BCUT2D eigenvalue weighted by Gasteiger charge is -2.24. The summed E-state index contributed by atoms with van der Waals surface area (Å²) in [6.07, 6.45) is 3.48. The molecule has 0 saturated heterocycles. The van der Waals surface area contributed by atoms with Crippen LogP contribution in [0.1, 0.15) is 37.9 Å². The molecule has 0 radical (unpaired) electrons. The average molecular weight is 344 g/mol. The molecule has 7 heteroatoms. The highest BCUT2D eigenvalue weighted by Crippen LogP contribution is 2.27. The van der Waals surface area contributed by atoms with E-state index in [2.05, 4.69) is 9.82 Å². The van der Waals surface area contributed by atoms with E-state index in [0.717, 1.165) is 5.56 Å². The molecule has 0 bridgehead atoms. The molecular weight excluding hydrogens is 325 g/mol. The third-order valence-electron chi connectivity index (χ3n) is 3.12.